The van der Waals surface area contributed by atoms with E-state index in [9.17, 15) is 10.1 Å². The number of rotatable bonds is 6. The Kier molecular flexibility index (Phi) is 5.86. The van der Waals surface area contributed by atoms with E-state index in [1.807, 2.05) is 24.3 Å². The maximum atomic E-state index is 12.3. The predicted octanol–water partition coefficient (Wildman–Crippen LogP) is 2.10. The average Bonchev–Trinajstić information content (AvgIpc) is 3.07. The summed E-state index contributed by atoms with van der Waals surface area (Å²) >= 11 is 1.18. The number of methoxy groups -OCH3 is 1. The van der Waals surface area contributed by atoms with Crippen LogP contribution in [0.15, 0.2) is 29.4 Å². The predicted molar refractivity (Wildman–Crippen MR) is 102 cm³/mol. The molecule has 2 aromatic rings. The maximum absolute atomic E-state index is 12.3. The van der Waals surface area contributed by atoms with E-state index >= 15 is 0 Å². The van der Waals surface area contributed by atoms with Gasteiger partial charge >= 0.3 is 0 Å². The fraction of sp³-hybridized carbons (Fsp3) is 0.444. The van der Waals surface area contributed by atoms with Crippen LogP contribution in [0.3, 0.4) is 0 Å². The Balaban J connectivity index is 1.66. The number of hydrogen-bond acceptors (Lipinski definition) is 7. The van der Waals surface area contributed by atoms with Gasteiger partial charge in [0.05, 0.1) is 24.5 Å². The Morgan fingerprint density at radius 1 is 1.37 bits per heavy atom. The molecular formula is C18H22N6O2S. The van der Waals surface area contributed by atoms with Crippen LogP contribution < -0.4 is 15.9 Å². The topological polar surface area (TPSA) is 119 Å². The molecule has 3 rings (SSSR count). The van der Waals surface area contributed by atoms with Crippen molar-refractivity contribution in [2.75, 3.05) is 18.7 Å². The molecule has 3 N–H and O–H groups in total. The second-order valence-electron chi connectivity index (χ2n) is 6.47. The lowest BCUT2D eigenvalue weighted by atomic mass is 9.83. The van der Waals surface area contributed by atoms with E-state index in [-0.39, 0.29) is 11.7 Å². The SMILES string of the molecule is COc1ccccc1-c1nnc(SCC(=O)NC2(C#N)CCCCC2)n1N. The lowest BCUT2D eigenvalue weighted by Crippen LogP contribution is -2.49. The number of nitrogens with one attached hydrogen (secondary N) is 1. The van der Waals surface area contributed by atoms with Crippen LogP contribution in [0.4, 0.5) is 0 Å². The fourth-order valence-corrected chi connectivity index (χ4v) is 3.90. The van der Waals surface area contributed by atoms with E-state index in [4.69, 9.17) is 10.6 Å². The van der Waals surface area contributed by atoms with Crippen molar-refractivity contribution in [3.63, 3.8) is 0 Å². The maximum Gasteiger partial charge on any atom is 0.231 e. The lowest BCUT2D eigenvalue weighted by molar-refractivity contribution is -0.120. The molecule has 1 heterocycles. The standard InChI is InChI=1S/C18H22N6O2S/c1-26-14-8-4-3-7-13(14)16-22-23-17(24(16)20)27-11-15(25)21-18(12-19)9-5-2-6-10-18/h3-4,7-8H,2,5-6,9-11,20H2,1H3,(H,21,25). The molecule has 1 amide bonds. The zero-order chi connectivity index (χ0) is 19.3. The lowest BCUT2D eigenvalue weighted by Gasteiger charge is -2.31. The van der Waals surface area contributed by atoms with E-state index < -0.39 is 5.54 Å². The number of thioether (sulfide) groups is 1. The van der Waals surface area contributed by atoms with Gasteiger partial charge in [-0.2, -0.15) is 5.26 Å². The van der Waals surface area contributed by atoms with Crippen LogP contribution in [0.5, 0.6) is 5.75 Å². The highest BCUT2D eigenvalue weighted by Crippen LogP contribution is 2.30. The third kappa shape index (κ3) is 4.17. The van der Waals surface area contributed by atoms with Crippen molar-refractivity contribution in [2.24, 2.45) is 0 Å². The van der Waals surface area contributed by atoms with Gasteiger partial charge in [0, 0.05) is 0 Å². The van der Waals surface area contributed by atoms with Crippen molar-refractivity contribution < 1.29 is 9.53 Å². The van der Waals surface area contributed by atoms with E-state index in [2.05, 4.69) is 21.6 Å². The first-order chi connectivity index (χ1) is 13.1. The molecule has 27 heavy (non-hydrogen) atoms. The highest BCUT2D eigenvalue weighted by molar-refractivity contribution is 7.99. The molecule has 1 aliphatic carbocycles. The molecule has 0 unspecified atom stereocenters. The van der Waals surface area contributed by atoms with Gasteiger partial charge in [-0.1, -0.05) is 43.2 Å². The number of hydrogen-bond donors (Lipinski definition) is 2. The number of aromatic nitrogens is 3. The molecule has 8 nitrogen and oxygen atoms in total. The van der Waals surface area contributed by atoms with E-state index in [0.717, 1.165) is 24.8 Å². The summed E-state index contributed by atoms with van der Waals surface area (Å²) in [6.45, 7) is 0. The molecule has 0 spiro atoms. The molecule has 0 radical (unpaired) electrons. The van der Waals surface area contributed by atoms with Crippen LogP contribution in [-0.2, 0) is 4.79 Å². The van der Waals surface area contributed by atoms with E-state index in [0.29, 0.717) is 29.6 Å². The first-order valence-electron chi connectivity index (χ1n) is 8.77. The normalized spacial score (nSPS) is 15.7. The minimum atomic E-state index is -0.741. The first-order valence-corrected chi connectivity index (χ1v) is 9.76. The monoisotopic (exact) mass is 386 g/mol. The number of para-hydroxylation sites is 1. The number of carbonyl (C=O) groups is 1. The molecular weight excluding hydrogens is 364 g/mol. The molecule has 1 aromatic heterocycles. The Morgan fingerprint density at radius 2 is 2.11 bits per heavy atom. The van der Waals surface area contributed by atoms with Crippen LogP contribution in [0.25, 0.3) is 11.4 Å². The zero-order valence-electron chi connectivity index (χ0n) is 15.1. The van der Waals surface area contributed by atoms with Crippen molar-refractivity contribution in [3.05, 3.63) is 24.3 Å². The molecule has 1 fully saturated rings. The average molecular weight is 386 g/mol. The molecule has 142 valence electrons. The molecule has 0 aliphatic heterocycles. The van der Waals surface area contributed by atoms with Crippen molar-refractivity contribution in [2.45, 2.75) is 42.8 Å². The summed E-state index contributed by atoms with van der Waals surface area (Å²) in [5, 5.41) is 21.0. The number of nitrogen functional groups attached to an aromatic ring is 1. The molecule has 1 aliphatic rings. The van der Waals surface area contributed by atoms with E-state index in [1.165, 1.54) is 16.4 Å². The number of amides is 1. The summed E-state index contributed by atoms with van der Waals surface area (Å²) in [5.74, 6) is 7.12. The molecule has 0 atom stereocenters. The van der Waals surface area contributed by atoms with E-state index in [1.54, 1.807) is 7.11 Å². The Hall–Kier alpha value is -2.73. The fourth-order valence-electron chi connectivity index (χ4n) is 3.24. The summed E-state index contributed by atoms with van der Waals surface area (Å²) in [6.07, 6.45) is 4.42. The first kappa shape index (κ1) is 19.0. The molecule has 0 saturated heterocycles. The number of carbonyl (C=O) groups excluding carboxylic acids is 1. The summed E-state index contributed by atoms with van der Waals surface area (Å²) in [6, 6.07) is 9.66. The van der Waals surface area contributed by atoms with Gasteiger partial charge in [-0.15, -0.1) is 10.2 Å². The van der Waals surface area contributed by atoms with Crippen LogP contribution >= 0.6 is 11.8 Å². The number of benzene rings is 1. The molecule has 9 heteroatoms. The highest BCUT2D eigenvalue weighted by Gasteiger charge is 2.33. The largest absolute Gasteiger partial charge is 0.496 e. The minimum absolute atomic E-state index is 0.116. The van der Waals surface area contributed by atoms with Crippen molar-refractivity contribution in [1.29, 1.82) is 5.26 Å². The Labute approximate surface area is 162 Å². The van der Waals surface area contributed by atoms with Crippen LogP contribution in [-0.4, -0.2) is 39.2 Å². The summed E-state index contributed by atoms with van der Waals surface area (Å²) < 4.78 is 6.68. The van der Waals surface area contributed by atoms with Crippen molar-refractivity contribution in [1.82, 2.24) is 20.2 Å². The minimum Gasteiger partial charge on any atom is -0.496 e. The highest BCUT2D eigenvalue weighted by atomic mass is 32.2. The Morgan fingerprint density at radius 3 is 2.81 bits per heavy atom. The van der Waals surface area contributed by atoms with Crippen LogP contribution in [0.2, 0.25) is 0 Å². The van der Waals surface area contributed by atoms with Crippen molar-refractivity contribution in [3.8, 4) is 23.2 Å². The van der Waals surface area contributed by atoms with Gasteiger partial charge in [0.15, 0.2) is 5.82 Å². The third-order valence-corrected chi connectivity index (χ3v) is 5.59. The number of ether oxygens (including phenoxy) is 1. The van der Waals surface area contributed by atoms with Gasteiger partial charge in [0.25, 0.3) is 0 Å². The van der Waals surface area contributed by atoms with Gasteiger partial charge in [-0.25, -0.2) is 4.68 Å². The molecule has 1 aromatic carbocycles. The second kappa shape index (κ2) is 8.31. The number of nitrogens with zero attached hydrogens (tertiary/aromatic N) is 4. The van der Waals surface area contributed by atoms with Crippen LogP contribution in [0.1, 0.15) is 32.1 Å². The van der Waals surface area contributed by atoms with Gasteiger partial charge in [0.1, 0.15) is 11.3 Å². The number of nitrogens with two attached hydrogens (primary N) is 1. The summed E-state index contributed by atoms with van der Waals surface area (Å²) in [5.41, 5.74) is -0.0218. The zero-order valence-corrected chi connectivity index (χ0v) is 16.0. The Bertz CT molecular complexity index is 854. The number of nitriles is 1. The van der Waals surface area contributed by atoms with Crippen molar-refractivity contribution >= 4 is 17.7 Å². The van der Waals surface area contributed by atoms with Gasteiger partial charge < -0.3 is 15.9 Å². The molecule has 0 bridgehead atoms. The van der Waals surface area contributed by atoms with Crippen LogP contribution in [0, 0.1) is 11.3 Å². The van der Waals surface area contributed by atoms with Gasteiger partial charge in [0.2, 0.25) is 11.1 Å². The summed E-state index contributed by atoms with van der Waals surface area (Å²) in [4.78, 5) is 12.3. The smallest absolute Gasteiger partial charge is 0.231 e. The quantitative estimate of drug-likeness (QED) is 0.576. The molecule has 1 saturated carbocycles. The van der Waals surface area contributed by atoms with Gasteiger partial charge in [-0.05, 0) is 25.0 Å². The second-order valence-corrected chi connectivity index (χ2v) is 7.41. The van der Waals surface area contributed by atoms with Gasteiger partial charge in [-0.3, -0.25) is 4.79 Å². The summed E-state index contributed by atoms with van der Waals surface area (Å²) in [7, 11) is 1.58. The third-order valence-electron chi connectivity index (χ3n) is 4.64.